The summed E-state index contributed by atoms with van der Waals surface area (Å²) in [6.07, 6.45) is 1.66. The van der Waals surface area contributed by atoms with E-state index in [0.717, 1.165) is 29.7 Å². The van der Waals surface area contributed by atoms with Crippen LogP contribution < -0.4 is 14.8 Å². The normalized spacial score (nSPS) is 10.3. The fraction of sp³-hybridized carbons (Fsp3) is 0.391. The number of hydrogen-bond donors (Lipinski definition) is 1. The van der Waals surface area contributed by atoms with Crippen molar-refractivity contribution >= 4 is 17.6 Å². The second-order valence-electron chi connectivity index (χ2n) is 6.35. The van der Waals surface area contributed by atoms with Gasteiger partial charge in [-0.1, -0.05) is 44.2 Å². The van der Waals surface area contributed by atoms with Gasteiger partial charge in [-0.15, -0.1) is 0 Å². The van der Waals surface area contributed by atoms with Gasteiger partial charge in [-0.3, -0.25) is 9.59 Å². The molecule has 2 rings (SSSR count). The Bertz CT molecular complexity index is 796. The highest BCUT2D eigenvalue weighted by molar-refractivity contribution is 5.94. The Hall–Kier alpha value is -3.02. The Labute approximate surface area is 172 Å². The zero-order valence-corrected chi connectivity index (χ0v) is 17.3. The maximum Gasteiger partial charge on any atom is 0.309 e. The Morgan fingerprint density at radius 1 is 0.862 bits per heavy atom. The summed E-state index contributed by atoms with van der Waals surface area (Å²) in [6, 6.07) is 13.2. The molecule has 0 aromatic heterocycles. The highest BCUT2D eigenvalue weighted by atomic mass is 16.5. The summed E-state index contributed by atoms with van der Waals surface area (Å²) in [5.41, 5.74) is 2.94. The van der Waals surface area contributed by atoms with Crippen LogP contribution >= 0.6 is 0 Å². The first-order valence-electron chi connectivity index (χ1n) is 9.99. The number of nitrogens with one attached hydrogen (secondary N) is 1. The Kier molecular flexibility index (Phi) is 9.02. The van der Waals surface area contributed by atoms with Crippen LogP contribution in [0.4, 0.5) is 5.69 Å². The second kappa shape index (κ2) is 11.7. The highest BCUT2D eigenvalue weighted by Crippen LogP contribution is 2.26. The lowest BCUT2D eigenvalue weighted by Crippen LogP contribution is -2.23. The molecule has 6 heteroatoms. The number of hydrogen-bond acceptors (Lipinski definition) is 5. The molecule has 0 fully saturated rings. The summed E-state index contributed by atoms with van der Waals surface area (Å²) >= 11 is 0. The van der Waals surface area contributed by atoms with Crippen molar-refractivity contribution in [2.75, 3.05) is 25.1 Å². The van der Waals surface area contributed by atoms with E-state index in [0.29, 0.717) is 18.1 Å². The molecule has 0 radical (unpaired) electrons. The number of carbonyl (C=O) groups is 2. The molecule has 0 spiro atoms. The maximum absolute atomic E-state index is 12.2. The van der Waals surface area contributed by atoms with Crippen molar-refractivity contribution in [1.29, 1.82) is 0 Å². The third kappa shape index (κ3) is 6.82. The Morgan fingerprint density at radius 2 is 1.48 bits per heavy atom. The average Bonchev–Trinajstić information content (AvgIpc) is 2.73. The van der Waals surface area contributed by atoms with E-state index in [1.807, 2.05) is 51.1 Å². The number of para-hydroxylation sites is 3. The van der Waals surface area contributed by atoms with E-state index in [9.17, 15) is 9.59 Å². The topological polar surface area (TPSA) is 73.9 Å². The van der Waals surface area contributed by atoms with E-state index in [4.69, 9.17) is 14.2 Å². The number of anilines is 1. The first-order valence-corrected chi connectivity index (χ1v) is 9.99. The van der Waals surface area contributed by atoms with Gasteiger partial charge in [0.15, 0.2) is 18.1 Å². The summed E-state index contributed by atoms with van der Waals surface area (Å²) in [4.78, 5) is 24.2. The smallest absolute Gasteiger partial charge is 0.309 e. The minimum atomic E-state index is -0.492. The molecule has 0 aliphatic carbocycles. The SMILES string of the molecule is CCOc1ccccc1OCCC(=O)OCC(=O)Nc1c(CC)cccc1CC. The molecule has 6 nitrogen and oxygen atoms in total. The first kappa shape index (κ1) is 22.3. The van der Waals surface area contributed by atoms with Crippen LogP contribution in [0.1, 0.15) is 38.3 Å². The molecule has 0 unspecified atom stereocenters. The van der Waals surface area contributed by atoms with Crippen LogP contribution in [-0.4, -0.2) is 31.7 Å². The van der Waals surface area contributed by atoms with Crippen molar-refractivity contribution in [3.05, 3.63) is 53.6 Å². The molecule has 0 heterocycles. The minimum Gasteiger partial charge on any atom is -0.490 e. The van der Waals surface area contributed by atoms with E-state index in [2.05, 4.69) is 5.32 Å². The number of ether oxygens (including phenoxy) is 3. The fourth-order valence-corrected chi connectivity index (χ4v) is 2.89. The van der Waals surface area contributed by atoms with E-state index in [-0.39, 0.29) is 25.5 Å². The van der Waals surface area contributed by atoms with Crippen LogP contribution in [0.3, 0.4) is 0 Å². The summed E-state index contributed by atoms with van der Waals surface area (Å²) in [7, 11) is 0. The lowest BCUT2D eigenvalue weighted by molar-refractivity contribution is -0.147. The molecule has 0 saturated heterocycles. The van der Waals surface area contributed by atoms with Crippen molar-refractivity contribution in [3.63, 3.8) is 0 Å². The molecule has 0 aliphatic rings. The van der Waals surface area contributed by atoms with Crippen LogP contribution in [-0.2, 0) is 27.2 Å². The van der Waals surface area contributed by atoms with Gasteiger partial charge in [-0.2, -0.15) is 0 Å². The molecule has 29 heavy (non-hydrogen) atoms. The van der Waals surface area contributed by atoms with Gasteiger partial charge < -0.3 is 19.5 Å². The summed E-state index contributed by atoms with van der Waals surface area (Å²) in [6.45, 7) is 6.31. The number of carbonyl (C=O) groups excluding carboxylic acids is 2. The molecule has 0 bridgehead atoms. The van der Waals surface area contributed by atoms with Crippen molar-refractivity contribution in [2.24, 2.45) is 0 Å². The van der Waals surface area contributed by atoms with Crippen LogP contribution in [0, 0.1) is 0 Å². The zero-order valence-electron chi connectivity index (χ0n) is 17.3. The number of amides is 1. The van der Waals surface area contributed by atoms with E-state index in [1.165, 1.54) is 0 Å². The van der Waals surface area contributed by atoms with Gasteiger partial charge in [0.2, 0.25) is 0 Å². The number of benzene rings is 2. The third-order valence-electron chi connectivity index (χ3n) is 4.34. The van der Waals surface area contributed by atoms with Gasteiger partial charge in [0.1, 0.15) is 0 Å². The molecule has 0 saturated carbocycles. The Balaban J connectivity index is 1.79. The monoisotopic (exact) mass is 399 g/mol. The number of esters is 1. The van der Waals surface area contributed by atoms with Crippen molar-refractivity contribution in [3.8, 4) is 11.5 Å². The predicted molar refractivity (Wildman–Crippen MR) is 113 cm³/mol. The number of rotatable bonds is 11. The summed E-state index contributed by atoms with van der Waals surface area (Å²) < 4.78 is 16.1. The van der Waals surface area contributed by atoms with Crippen LogP contribution in [0.25, 0.3) is 0 Å². The van der Waals surface area contributed by atoms with Crippen molar-refractivity contribution < 1.29 is 23.8 Å². The molecular weight excluding hydrogens is 370 g/mol. The fourth-order valence-electron chi connectivity index (χ4n) is 2.89. The van der Waals surface area contributed by atoms with Crippen LogP contribution in [0.5, 0.6) is 11.5 Å². The highest BCUT2D eigenvalue weighted by Gasteiger charge is 2.13. The standard InChI is InChI=1S/C23H29NO5/c1-4-17-10-9-11-18(5-2)23(17)24-21(25)16-29-22(26)14-15-28-20-13-8-7-12-19(20)27-6-3/h7-13H,4-6,14-16H2,1-3H3,(H,24,25). The second-order valence-corrected chi connectivity index (χ2v) is 6.35. The van der Waals surface area contributed by atoms with Crippen molar-refractivity contribution in [1.82, 2.24) is 0 Å². The first-order chi connectivity index (χ1) is 14.1. The molecule has 2 aromatic carbocycles. The molecule has 0 atom stereocenters. The van der Waals surface area contributed by atoms with Gasteiger partial charge >= 0.3 is 5.97 Å². The van der Waals surface area contributed by atoms with Crippen molar-refractivity contribution in [2.45, 2.75) is 40.0 Å². The van der Waals surface area contributed by atoms with E-state index >= 15 is 0 Å². The zero-order chi connectivity index (χ0) is 21.1. The predicted octanol–water partition coefficient (Wildman–Crippen LogP) is 4.16. The molecule has 0 aliphatic heterocycles. The van der Waals surface area contributed by atoms with Gasteiger partial charge in [0.25, 0.3) is 5.91 Å². The summed E-state index contributed by atoms with van der Waals surface area (Å²) in [5.74, 6) is 0.359. The van der Waals surface area contributed by atoms with Crippen LogP contribution in [0.15, 0.2) is 42.5 Å². The lowest BCUT2D eigenvalue weighted by Gasteiger charge is -2.14. The largest absolute Gasteiger partial charge is 0.490 e. The van der Waals surface area contributed by atoms with Gasteiger partial charge in [0, 0.05) is 5.69 Å². The minimum absolute atomic E-state index is 0.0412. The maximum atomic E-state index is 12.2. The molecule has 1 N–H and O–H groups in total. The van der Waals surface area contributed by atoms with Gasteiger partial charge in [-0.05, 0) is 43.0 Å². The lowest BCUT2D eigenvalue weighted by atomic mass is 10.0. The Morgan fingerprint density at radius 3 is 2.07 bits per heavy atom. The molecule has 1 amide bonds. The molecule has 156 valence electrons. The van der Waals surface area contributed by atoms with E-state index in [1.54, 1.807) is 12.1 Å². The molecular formula is C23H29NO5. The summed E-state index contributed by atoms with van der Waals surface area (Å²) in [5, 5.41) is 2.88. The van der Waals surface area contributed by atoms with E-state index < -0.39 is 5.97 Å². The quantitative estimate of drug-likeness (QED) is 0.574. The average molecular weight is 399 g/mol. The van der Waals surface area contributed by atoms with Gasteiger partial charge in [-0.25, -0.2) is 0 Å². The van der Waals surface area contributed by atoms with Gasteiger partial charge in [0.05, 0.1) is 19.6 Å². The third-order valence-corrected chi connectivity index (χ3v) is 4.34. The molecule has 2 aromatic rings. The van der Waals surface area contributed by atoms with Crippen LogP contribution in [0.2, 0.25) is 0 Å². The number of aryl methyl sites for hydroxylation is 2.